The lowest BCUT2D eigenvalue weighted by Gasteiger charge is -2.09. The Morgan fingerprint density at radius 2 is 1.94 bits per heavy atom. The van der Waals surface area contributed by atoms with Crippen LogP contribution in [-0.4, -0.2) is 26.1 Å². The molecule has 0 saturated carbocycles. The normalized spacial score (nSPS) is 10.1. The summed E-state index contributed by atoms with van der Waals surface area (Å²) in [6.07, 6.45) is 0. The van der Waals surface area contributed by atoms with E-state index in [1.165, 1.54) is 0 Å². The van der Waals surface area contributed by atoms with Crippen LogP contribution in [-0.2, 0) is 4.79 Å². The maximum atomic E-state index is 11.4. The second-order valence-electron chi connectivity index (χ2n) is 4.28. The highest BCUT2D eigenvalue weighted by atomic mass is 16.5. The number of benzene rings is 1. The second kappa shape index (κ2) is 6.78. The quantitative estimate of drug-likeness (QED) is 0.793. The average molecular weight is 236 g/mol. The predicted octanol–water partition coefficient (Wildman–Crippen LogP) is 1.88. The van der Waals surface area contributed by atoms with Crippen molar-refractivity contribution in [1.82, 2.24) is 5.32 Å². The molecule has 1 amide bonds. The second-order valence-corrected chi connectivity index (χ2v) is 4.28. The van der Waals surface area contributed by atoms with Crippen molar-refractivity contribution in [3.05, 3.63) is 24.3 Å². The van der Waals surface area contributed by atoms with Gasteiger partial charge in [-0.25, -0.2) is 0 Å². The molecule has 0 aliphatic rings. The molecule has 4 nitrogen and oxygen atoms in total. The monoisotopic (exact) mass is 236 g/mol. The number of carbonyl (C=O) groups excluding carboxylic acids is 1. The van der Waals surface area contributed by atoms with Crippen molar-refractivity contribution in [2.24, 2.45) is 5.92 Å². The Morgan fingerprint density at radius 3 is 2.47 bits per heavy atom. The Bertz CT molecular complexity index is 347. The zero-order chi connectivity index (χ0) is 12.7. The largest absolute Gasteiger partial charge is 0.497 e. The van der Waals surface area contributed by atoms with Crippen LogP contribution in [0.25, 0.3) is 0 Å². The number of carbonyl (C=O) groups is 1. The van der Waals surface area contributed by atoms with Crippen LogP contribution in [0.5, 0.6) is 5.75 Å². The molecule has 0 aliphatic carbocycles. The van der Waals surface area contributed by atoms with Crippen molar-refractivity contribution < 1.29 is 9.53 Å². The first-order valence-electron chi connectivity index (χ1n) is 5.76. The van der Waals surface area contributed by atoms with Crippen LogP contribution < -0.4 is 15.4 Å². The first kappa shape index (κ1) is 13.4. The summed E-state index contributed by atoms with van der Waals surface area (Å²) >= 11 is 0. The van der Waals surface area contributed by atoms with Gasteiger partial charge in [-0.3, -0.25) is 4.79 Å². The molecule has 0 saturated heterocycles. The Morgan fingerprint density at radius 1 is 1.29 bits per heavy atom. The van der Waals surface area contributed by atoms with Gasteiger partial charge in [-0.1, -0.05) is 13.8 Å². The number of rotatable bonds is 6. The lowest BCUT2D eigenvalue weighted by Crippen LogP contribution is -2.32. The minimum absolute atomic E-state index is 0.00881. The number of ether oxygens (including phenoxy) is 1. The van der Waals surface area contributed by atoms with Gasteiger partial charge in [-0.05, 0) is 30.2 Å². The molecule has 1 aromatic carbocycles. The van der Waals surface area contributed by atoms with Crippen LogP contribution in [0.2, 0.25) is 0 Å². The molecular weight excluding hydrogens is 216 g/mol. The van der Waals surface area contributed by atoms with Crippen molar-refractivity contribution in [2.45, 2.75) is 13.8 Å². The van der Waals surface area contributed by atoms with Gasteiger partial charge in [0.25, 0.3) is 0 Å². The van der Waals surface area contributed by atoms with E-state index in [-0.39, 0.29) is 5.91 Å². The van der Waals surface area contributed by atoms with Crippen molar-refractivity contribution in [2.75, 3.05) is 25.5 Å². The minimum Gasteiger partial charge on any atom is -0.497 e. The number of anilines is 1. The van der Waals surface area contributed by atoms with Gasteiger partial charge in [0.2, 0.25) is 5.91 Å². The summed E-state index contributed by atoms with van der Waals surface area (Å²) in [5, 5.41) is 5.90. The molecule has 0 bridgehead atoms. The number of nitrogens with one attached hydrogen (secondary N) is 2. The lowest BCUT2D eigenvalue weighted by atomic mass is 10.2. The molecule has 0 aromatic heterocycles. The molecule has 94 valence electrons. The van der Waals surface area contributed by atoms with Crippen molar-refractivity contribution >= 4 is 11.6 Å². The molecule has 1 aromatic rings. The molecular formula is C13H20N2O2. The molecule has 4 heteroatoms. The third-order valence-corrected chi connectivity index (χ3v) is 2.25. The Labute approximate surface area is 102 Å². The van der Waals surface area contributed by atoms with Gasteiger partial charge >= 0.3 is 0 Å². The van der Waals surface area contributed by atoms with Crippen LogP contribution in [0.1, 0.15) is 13.8 Å². The van der Waals surface area contributed by atoms with E-state index in [1.54, 1.807) is 7.11 Å². The van der Waals surface area contributed by atoms with Gasteiger partial charge in [0.15, 0.2) is 0 Å². The first-order valence-corrected chi connectivity index (χ1v) is 5.76. The lowest BCUT2D eigenvalue weighted by molar-refractivity contribution is -0.119. The van der Waals surface area contributed by atoms with E-state index in [4.69, 9.17) is 4.74 Å². The van der Waals surface area contributed by atoms with Crippen LogP contribution >= 0.6 is 0 Å². The standard InChI is InChI=1S/C13H20N2O2/c1-10(2)8-15-13(16)9-14-11-4-6-12(17-3)7-5-11/h4-7,10,14H,8-9H2,1-3H3,(H,15,16). The van der Waals surface area contributed by atoms with E-state index in [0.717, 1.165) is 11.4 Å². The maximum absolute atomic E-state index is 11.4. The molecule has 0 aliphatic heterocycles. The van der Waals surface area contributed by atoms with Gasteiger partial charge in [0.1, 0.15) is 5.75 Å². The highest BCUT2D eigenvalue weighted by Crippen LogP contribution is 2.14. The Kier molecular flexibility index (Phi) is 5.33. The molecule has 2 N–H and O–H groups in total. The fourth-order valence-electron chi connectivity index (χ4n) is 1.27. The molecule has 0 radical (unpaired) electrons. The summed E-state index contributed by atoms with van der Waals surface area (Å²) in [7, 11) is 1.63. The van der Waals surface area contributed by atoms with E-state index in [9.17, 15) is 4.79 Å². The Hall–Kier alpha value is -1.71. The van der Waals surface area contributed by atoms with Gasteiger partial charge in [-0.15, -0.1) is 0 Å². The maximum Gasteiger partial charge on any atom is 0.239 e. The molecule has 17 heavy (non-hydrogen) atoms. The summed E-state index contributed by atoms with van der Waals surface area (Å²) in [6.45, 7) is 5.14. The van der Waals surface area contributed by atoms with Crippen LogP contribution in [0.4, 0.5) is 5.69 Å². The summed E-state index contributed by atoms with van der Waals surface area (Å²) in [5.41, 5.74) is 0.908. The summed E-state index contributed by atoms with van der Waals surface area (Å²) < 4.78 is 5.05. The van der Waals surface area contributed by atoms with Crippen molar-refractivity contribution in [3.8, 4) is 5.75 Å². The molecule has 0 unspecified atom stereocenters. The Balaban J connectivity index is 2.31. The number of hydrogen-bond acceptors (Lipinski definition) is 3. The van der Waals surface area contributed by atoms with Gasteiger partial charge in [0.05, 0.1) is 13.7 Å². The van der Waals surface area contributed by atoms with E-state index in [1.807, 2.05) is 24.3 Å². The fraction of sp³-hybridized carbons (Fsp3) is 0.462. The van der Waals surface area contributed by atoms with Gasteiger partial charge in [0, 0.05) is 12.2 Å². The van der Waals surface area contributed by atoms with Crippen LogP contribution in [0.3, 0.4) is 0 Å². The van der Waals surface area contributed by atoms with Crippen molar-refractivity contribution in [3.63, 3.8) is 0 Å². The van der Waals surface area contributed by atoms with Crippen LogP contribution in [0.15, 0.2) is 24.3 Å². The first-order chi connectivity index (χ1) is 8.11. The van der Waals surface area contributed by atoms with E-state index in [0.29, 0.717) is 19.0 Å². The summed E-state index contributed by atoms with van der Waals surface area (Å²) in [4.78, 5) is 11.4. The van der Waals surface area contributed by atoms with Crippen LogP contribution in [0, 0.1) is 5.92 Å². The molecule has 1 rings (SSSR count). The number of hydrogen-bond donors (Lipinski definition) is 2. The van der Waals surface area contributed by atoms with E-state index < -0.39 is 0 Å². The third-order valence-electron chi connectivity index (χ3n) is 2.25. The highest BCUT2D eigenvalue weighted by Gasteiger charge is 2.01. The molecule has 0 spiro atoms. The number of methoxy groups -OCH3 is 1. The molecule has 0 heterocycles. The SMILES string of the molecule is COc1ccc(NCC(=O)NCC(C)C)cc1. The van der Waals surface area contributed by atoms with E-state index in [2.05, 4.69) is 24.5 Å². The van der Waals surface area contributed by atoms with Gasteiger partial charge < -0.3 is 15.4 Å². The molecule has 0 fully saturated rings. The smallest absolute Gasteiger partial charge is 0.239 e. The van der Waals surface area contributed by atoms with Gasteiger partial charge in [-0.2, -0.15) is 0 Å². The summed E-state index contributed by atoms with van der Waals surface area (Å²) in [5.74, 6) is 1.29. The summed E-state index contributed by atoms with van der Waals surface area (Å²) in [6, 6.07) is 7.48. The predicted molar refractivity (Wildman–Crippen MR) is 69.3 cm³/mol. The zero-order valence-electron chi connectivity index (χ0n) is 10.6. The third kappa shape index (κ3) is 5.24. The molecule has 0 atom stereocenters. The number of amides is 1. The minimum atomic E-state index is 0.00881. The van der Waals surface area contributed by atoms with E-state index >= 15 is 0 Å². The average Bonchev–Trinajstić information content (AvgIpc) is 2.34. The topological polar surface area (TPSA) is 50.4 Å². The highest BCUT2D eigenvalue weighted by molar-refractivity contribution is 5.80. The fourth-order valence-corrected chi connectivity index (χ4v) is 1.27. The van der Waals surface area contributed by atoms with Crippen molar-refractivity contribution in [1.29, 1.82) is 0 Å². The zero-order valence-corrected chi connectivity index (χ0v) is 10.6.